The van der Waals surface area contributed by atoms with E-state index in [1.54, 1.807) is 0 Å². The van der Waals surface area contributed by atoms with E-state index in [1.807, 2.05) is 0 Å². The first-order chi connectivity index (χ1) is 13.1. The number of hydrogen-bond donors (Lipinski definition) is 3. The van der Waals surface area contributed by atoms with Crippen molar-refractivity contribution < 1.29 is 33.0 Å². The van der Waals surface area contributed by atoms with Crippen molar-refractivity contribution in [1.29, 1.82) is 0 Å². The van der Waals surface area contributed by atoms with Gasteiger partial charge in [-0.05, 0) is 42.5 Å². The molecule has 3 N–H and O–H groups in total. The summed E-state index contributed by atoms with van der Waals surface area (Å²) < 4.78 is 25.0. The molecule has 1 aliphatic rings. The number of benzene rings is 2. The normalized spacial score (nSPS) is 18.1. The first-order valence-electron chi connectivity index (χ1n) is 8.15. The number of carboxylic acids is 1. The van der Waals surface area contributed by atoms with E-state index < -0.39 is 39.5 Å². The average Bonchev–Trinajstić information content (AvgIpc) is 2.83. The number of aromatic carboxylic acids is 1. The highest BCUT2D eigenvalue weighted by Gasteiger charge is 2.41. The van der Waals surface area contributed by atoms with E-state index in [9.17, 15) is 27.9 Å². The minimum atomic E-state index is -3.73. The van der Waals surface area contributed by atoms with Gasteiger partial charge in [-0.15, -0.1) is 0 Å². The molecule has 3 rings (SSSR count). The van der Waals surface area contributed by atoms with Crippen molar-refractivity contribution in [3.8, 4) is 5.75 Å². The number of phenols is 1. The first kappa shape index (κ1) is 19.4. The Morgan fingerprint density at radius 2 is 1.79 bits per heavy atom. The number of aromatic hydroxyl groups is 1. The number of nitrogens with zero attached hydrogens (tertiary/aromatic N) is 1. The Morgan fingerprint density at radius 3 is 2.32 bits per heavy atom. The zero-order chi connectivity index (χ0) is 20.6. The number of amides is 2. The molecule has 1 unspecified atom stereocenters. The SMILES string of the molecule is CC1CS(=O)(=O)N(c2ccc(C(=O)Nc3ccc(O)c(C(=O)O)c3)cc2)C1=O. The summed E-state index contributed by atoms with van der Waals surface area (Å²) in [6, 6.07) is 9.01. The van der Waals surface area contributed by atoms with Crippen molar-refractivity contribution in [2.24, 2.45) is 5.92 Å². The Bertz CT molecular complexity index is 1080. The summed E-state index contributed by atoms with van der Waals surface area (Å²) in [5, 5.41) is 21.0. The third-order valence-electron chi connectivity index (χ3n) is 4.21. The second-order valence-corrected chi connectivity index (χ2v) is 8.18. The molecule has 1 fully saturated rings. The van der Waals surface area contributed by atoms with E-state index in [4.69, 9.17) is 5.11 Å². The van der Waals surface area contributed by atoms with Gasteiger partial charge in [-0.1, -0.05) is 6.92 Å². The molecule has 0 spiro atoms. The highest BCUT2D eigenvalue weighted by molar-refractivity contribution is 7.94. The second kappa shape index (κ2) is 6.97. The zero-order valence-electron chi connectivity index (χ0n) is 14.6. The Morgan fingerprint density at radius 1 is 1.14 bits per heavy atom. The van der Waals surface area contributed by atoms with Gasteiger partial charge in [-0.3, -0.25) is 9.59 Å². The quantitative estimate of drug-likeness (QED) is 0.658. The number of carbonyl (C=O) groups excluding carboxylic acids is 2. The van der Waals surface area contributed by atoms with E-state index in [0.29, 0.717) is 0 Å². The Kier molecular flexibility index (Phi) is 4.82. The first-order valence-corrected chi connectivity index (χ1v) is 9.75. The average molecular weight is 404 g/mol. The highest BCUT2D eigenvalue weighted by Crippen LogP contribution is 2.28. The standard InChI is InChI=1S/C18H16N2O7S/c1-10-9-28(26,27)20(17(10)23)13-5-2-11(3-6-13)16(22)19-12-4-7-15(21)14(8-12)18(24)25/h2-8,10,21H,9H2,1H3,(H,19,22)(H,24,25). The summed E-state index contributed by atoms with van der Waals surface area (Å²) in [4.78, 5) is 35.5. The predicted octanol–water partition coefficient (Wildman–Crippen LogP) is 1.66. The molecule has 2 aromatic rings. The van der Waals surface area contributed by atoms with Gasteiger partial charge in [0, 0.05) is 11.3 Å². The van der Waals surface area contributed by atoms with Crippen LogP contribution in [0.3, 0.4) is 0 Å². The number of carboxylic acid groups (broad SMARTS) is 1. The highest BCUT2D eigenvalue weighted by atomic mass is 32.2. The number of sulfonamides is 1. The second-order valence-electron chi connectivity index (χ2n) is 6.32. The molecule has 146 valence electrons. The fourth-order valence-corrected chi connectivity index (χ4v) is 4.64. The molecule has 0 saturated carbocycles. The number of hydrogen-bond acceptors (Lipinski definition) is 6. The summed E-state index contributed by atoms with van der Waals surface area (Å²) >= 11 is 0. The van der Waals surface area contributed by atoms with Crippen LogP contribution in [0.1, 0.15) is 27.6 Å². The van der Waals surface area contributed by atoms with Crippen molar-refractivity contribution >= 4 is 39.2 Å². The van der Waals surface area contributed by atoms with Crippen LogP contribution in [-0.2, 0) is 14.8 Å². The topological polar surface area (TPSA) is 141 Å². The lowest BCUT2D eigenvalue weighted by Crippen LogP contribution is -2.30. The van der Waals surface area contributed by atoms with Crippen LogP contribution in [0.15, 0.2) is 42.5 Å². The lowest BCUT2D eigenvalue weighted by Gasteiger charge is -2.15. The molecule has 1 aliphatic heterocycles. The molecular formula is C18H16N2O7S. The Labute approximate surface area is 160 Å². The third kappa shape index (κ3) is 3.54. The lowest BCUT2D eigenvalue weighted by atomic mass is 10.1. The smallest absolute Gasteiger partial charge is 0.339 e. The summed E-state index contributed by atoms with van der Waals surface area (Å²) in [7, 11) is -3.73. The van der Waals surface area contributed by atoms with E-state index in [0.717, 1.165) is 16.4 Å². The van der Waals surface area contributed by atoms with E-state index in [2.05, 4.69) is 5.32 Å². The van der Waals surface area contributed by atoms with Gasteiger partial charge >= 0.3 is 5.97 Å². The molecule has 1 saturated heterocycles. The van der Waals surface area contributed by atoms with Crippen molar-refractivity contribution in [1.82, 2.24) is 0 Å². The molecule has 0 bridgehead atoms. The van der Waals surface area contributed by atoms with Crippen molar-refractivity contribution in [3.63, 3.8) is 0 Å². The van der Waals surface area contributed by atoms with Crippen molar-refractivity contribution in [2.75, 3.05) is 15.4 Å². The maximum absolute atomic E-state index is 12.3. The molecule has 10 heteroatoms. The monoisotopic (exact) mass is 404 g/mol. The molecule has 2 amide bonds. The van der Waals surface area contributed by atoms with Crippen molar-refractivity contribution in [2.45, 2.75) is 6.92 Å². The molecule has 9 nitrogen and oxygen atoms in total. The maximum Gasteiger partial charge on any atom is 0.339 e. The van der Waals surface area contributed by atoms with Gasteiger partial charge in [0.05, 0.1) is 17.4 Å². The number of nitrogens with one attached hydrogen (secondary N) is 1. The summed E-state index contributed by atoms with van der Waals surface area (Å²) in [5.41, 5.74) is 0.116. The van der Waals surface area contributed by atoms with Gasteiger partial charge in [-0.2, -0.15) is 0 Å². The van der Waals surface area contributed by atoms with E-state index >= 15 is 0 Å². The molecule has 0 radical (unpaired) electrons. The molecule has 0 aromatic heterocycles. The van der Waals surface area contributed by atoms with Crippen LogP contribution in [0.4, 0.5) is 11.4 Å². The minimum Gasteiger partial charge on any atom is -0.507 e. The van der Waals surface area contributed by atoms with Gasteiger partial charge in [0.1, 0.15) is 11.3 Å². The zero-order valence-corrected chi connectivity index (χ0v) is 15.4. The molecule has 2 aromatic carbocycles. The van der Waals surface area contributed by atoms with Crippen LogP contribution in [0.2, 0.25) is 0 Å². The fraction of sp³-hybridized carbons (Fsp3) is 0.167. The van der Waals surface area contributed by atoms with Gasteiger partial charge in [0.15, 0.2) is 0 Å². The van der Waals surface area contributed by atoms with Crippen LogP contribution in [0.25, 0.3) is 0 Å². The van der Waals surface area contributed by atoms with Crippen LogP contribution in [-0.4, -0.2) is 42.2 Å². The molecule has 28 heavy (non-hydrogen) atoms. The van der Waals surface area contributed by atoms with Gasteiger partial charge in [0.25, 0.3) is 5.91 Å². The molecule has 0 aliphatic carbocycles. The van der Waals surface area contributed by atoms with Gasteiger partial charge in [-0.25, -0.2) is 17.5 Å². The van der Waals surface area contributed by atoms with Crippen molar-refractivity contribution in [3.05, 3.63) is 53.6 Å². The minimum absolute atomic E-state index is 0.142. The molecule has 1 heterocycles. The Balaban J connectivity index is 1.81. The summed E-state index contributed by atoms with van der Waals surface area (Å²) in [6.07, 6.45) is 0. The van der Waals surface area contributed by atoms with Crippen LogP contribution < -0.4 is 9.62 Å². The predicted molar refractivity (Wildman–Crippen MR) is 99.9 cm³/mol. The molecule has 1 atom stereocenters. The lowest BCUT2D eigenvalue weighted by molar-refractivity contribution is -0.119. The number of carbonyl (C=O) groups is 3. The summed E-state index contributed by atoms with van der Waals surface area (Å²) in [5.74, 6) is -3.77. The number of rotatable bonds is 4. The van der Waals surface area contributed by atoms with Gasteiger partial charge < -0.3 is 15.5 Å². The van der Waals surface area contributed by atoms with Gasteiger partial charge in [0.2, 0.25) is 15.9 Å². The Hall–Kier alpha value is -3.40. The molecular weight excluding hydrogens is 388 g/mol. The van der Waals surface area contributed by atoms with Crippen LogP contribution in [0, 0.1) is 5.92 Å². The fourth-order valence-electron chi connectivity index (χ4n) is 2.82. The van der Waals surface area contributed by atoms with Crippen LogP contribution >= 0.6 is 0 Å². The number of anilines is 2. The van der Waals surface area contributed by atoms with E-state index in [1.165, 1.54) is 37.3 Å². The third-order valence-corrected chi connectivity index (χ3v) is 6.08. The largest absolute Gasteiger partial charge is 0.507 e. The van der Waals surface area contributed by atoms with E-state index in [-0.39, 0.29) is 28.3 Å². The van der Waals surface area contributed by atoms with Crippen LogP contribution in [0.5, 0.6) is 5.75 Å². The maximum atomic E-state index is 12.3. The summed E-state index contributed by atoms with van der Waals surface area (Å²) in [6.45, 7) is 1.53.